The van der Waals surface area contributed by atoms with Gasteiger partial charge in [0.2, 0.25) is 5.88 Å². The summed E-state index contributed by atoms with van der Waals surface area (Å²) in [6.45, 7) is 7.69. The molecule has 1 heterocycles. The lowest BCUT2D eigenvalue weighted by atomic mass is 9.83. The van der Waals surface area contributed by atoms with E-state index in [1.54, 1.807) is 24.3 Å². The summed E-state index contributed by atoms with van der Waals surface area (Å²) in [6, 6.07) is 20.3. The fraction of sp³-hybridized carbons (Fsp3) is 0.172. The number of nitrogens with two attached hydrogens (primary N) is 1. The molecular formula is C29H26N2O5. The average Bonchev–Trinajstić information content (AvgIpc) is 2.85. The van der Waals surface area contributed by atoms with Gasteiger partial charge in [-0.2, -0.15) is 5.26 Å². The Morgan fingerprint density at radius 1 is 1.06 bits per heavy atom. The van der Waals surface area contributed by atoms with Gasteiger partial charge in [0.1, 0.15) is 41.2 Å². The van der Waals surface area contributed by atoms with Crippen molar-refractivity contribution >= 4 is 5.97 Å². The van der Waals surface area contributed by atoms with Crippen LogP contribution in [0.1, 0.15) is 28.2 Å². The van der Waals surface area contributed by atoms with Crippen molar-refractivity contribution in [3.63, 3.8) is 0 Å². The number of carbonyl (C=O) groups excluding carboxylic acids is 1. The second-order valence-electron chi connectivity index (χ2n) is 8.38. The zero-order valence-corrected chi connectivity index (χ0v) is 20.1. The van der Waals surface area contributed by atoms with Gasteiger partial charge >= 0.3 is 5.97 Å². The Kier molecular flexibility index (Phi) is 7.26. The number of nitrogens with zero attached hydrogens (tertiary/aromatic N) is 1. The molecule has 0 aromatic heterocycles. The van der Waals surface area contributed by atoms with E-state index in [0.717, 1.165) is 16.7 Å². The molecule has 182 valence electrons. The molecular weight excluding hydrogens is 456 g/mol. The molecule has 0 saturated heterocycles. The van der Waals surface area contributed by atoms with Gasteiger partial charge in [-0.25, -0.2) is 4.79 Å². The van der Waals surface area contributed by atoms with Crippen molar-refractivity contribution in [2.24, 2.45) is 5.73 Å². The monoisotopic (exact) mass is 482 g/mol. The maximum Gasteiger partial charge on any atom is 0.349 e. The smallest absolute Gasteiger partial charge is 0.349 e. The van der Waals surface area contributed by atoms with E-state index in [9.17, 15) is 10.1 Å². The lowest BCUT2D eigenvalue weighted by molar-refractivity contribution is -0.136. The number of benzene rings is 3. The maximum atomic E-state index is 12.4. The van der Waals surface area contributed by atoms with Gasteiger partial charge in [0.15, 0.2) is 6.61 Å². The number of allylic oxidation sites excluding steroid dienone is 1. The molecule has 1 aliphatic rings. The minimum Gasteiger partial charge on any atom is -0.490 e. The van der Waals surface area contributed by atoms with Gasteiger partial charge in [0, 0.05) is 11.6 Å². The normalized spacial score (nSPS) is 14.2. The molecule has 3 aromatic rings. The van der Waals surface area contributed by atoms with Gasteiger partial charge in [-0.15, -0.1) is 0 Å². The minimum atomic E-state index is -0.560. The number of aryl methyl sites for hydroxylation is 2. The van der Waals surface area contributed by atoms with Crippen molar-refractivity contribution in [1.29, 1.82) is 5.26 Å². The van der Waals surface area contributed by atoms with Gasteiger partial charge in [0.25, 0.3) is 0 Å². The van der Waals surface area contributed by atoms with Gasteiger partial charge < -0.3 is 24.7 Å². The number of hydrogen-bond donors (Lipinski definition) is 1. The van der Waals surface area contributed by atoms with E-state index in [1.165, 1.54) is 0 Å². The molecule has 7 nitrogen and oxygen atoms in total. The van der Waals surface area contributed by atoms with Crippen LogP contribution in [0.2, 0.25) is 0 Å². The highest BCUT2D eigenvalue weighted by Crippen LogP contribution is 2.44. The number of nitriles is 1. The van der Waals surface area contributed by atoms with Crippen molar-refractivity contribution in [3.8, 4) is 29.1 Å². The summed E-state index contributed by atoms with van der Waals surface area (Å²) >= 11 is 0. The summed E-state index contributed by atoms with van der Waals surface area (Å²) < 4.78 is 22.4. The van der Waals surface area contributed by atoms with Gasteiger partial charge in [-0.05, 0) is 60.9 Å². The first-order valence-electron chi connectivity index (χ1n) is 11.3. The number of esters is 1. The Bertz CT molecular complexity index is 1370. The van der Waals surface area contributed by atoms with Crippen molar-refractivity contribution in [2.45, 2.75) is 19.8 Å². The van der Waals surface area contributed by atoms with E-state index in [-0.39, 0.29) is 23.8 Å². The topological polar surface area (TPSA) is 104 Å². The van der Waals surface area contributed by atoms with Crippen LogP contribution >= 0.6 is 0 Å². The van der Waals surface area contributed by atoms with Crippen LogP contribution in [0.4, 0.5) is 0 Å². The van der Waals surface area contributed by atoms with Crippen molar-refractivity contribution in [3.05, 3.63) is 107 Å². The third-order valence-electron chi connectivity index (χ3n) is 5.53. The Hall–Kier alpha value is -4.70. The summed E-state index contributed by atoms with van der Waals surface area (Å²) in [6.07, 6.45) is 1.66. The number of ether oxygens (including phenoxy) is 4. The van der Waals surface area contributed by atoms with E-state index in [4.69, 9.17) is 24.7 Å². The van der Waals surface area contributed by atoms with Crippen molar-refractivity contribution in [1.82, 2.24) is 0 Å². The number of rotatable bonds is 8. The van der Waals surface area contributed by atoms with Gasteiger partial charge in [-0.3, -0.25) is 0 Å². The minimum absolute atomic E-state index is 0.00552. The molecule has 1 unspecified atom stereocenters. The lowest BCUT2D eigenvalue weighted by Crippen LogP contribution is -2.21. The lowest BCUT2D eigenvalue weighted by Gasteiger charge is -2.27. The molecule has 0 spiro atoms. The largest absolute Gasteiger partial charge is 0.490 e. The summed E-state index contributed by atoms with van der Waals surface area (Å²) in [5.74, 6) is 0.882. The number of carbonyl (C=O) groups is 1. The molecule has 1 atom stereocenters. The summed E-state index contributed by atoms with van der Waals surface area (Å²) in [4.78, 5) is 12.4. The van der Waals surface area contributed by atoms with Gasteiger partial charge in [0.05, 0.1) is 5.92 Å². The third-order valence-corrected chi connectivity index (χ3v) is 5.53. The van der Waals surface area contributed by atoms with Crippen LogP contribution < -0.4 is 24.7 Å². The molecule has 2 N–H and O–H groups in total. The van der Waals surface area contributed by atoms with Crippen LogP contribution in [0.25, 0.3) is 0 Å². The Balaban J connectivity index is 1.55. The van der Waals surface area contributed by atoms with Crippen LogP contribution in [0.3, 0.4) is 0 Å². The molecule has 3 aromatic carbocycles. The van der Waals surface area contributed by atoms with Crippen molar-refractivity contribution in [2.75, 3.05) is 13.2 Å². The standard InChI is InChI=1S/C29H26N2O5/c1-4-10-33-21-7-5-6-20(14-21)28-24-9-8-22(15-26(24)36-29(31)25(28)16-30)35-27(32)17-34-23-12-18(2)11-19(3)13-23/h4-9,11-15,28H,1,10,17,31H2,2-3H3. The first kappa shape index (κ1) is 24.4. The Morgan fingerprint density at radius 2 is 1.83 bits per heavy atom. The molecule has 7 heteroatoms. The quantitative estimate of drug-likeness (QED) is 0.272. The zero-order chi connectivity index (χ0) is 25.7. The first-order valence-corrected chi connectivity index (χ1v) is 11.3. The maximum absolute atomic E-state index is 12.4. The molecule has 0 fully saturated rings. The number of fused-ring (bicyclic) bond motifs is 1. The van der Waals surface area contributed by atoms with E-state index in [2.05, 4.69) is 12.6 Å². The predicted molar refractivity (Wildman–Crippen MR) is 135 cm³/mol. The Labute approximate surface area is 210 Å². The molecule has 0 aliphatic carbocycles. The molecule has 0 bridgehead atoms. The SMILES string of the molecule is C=CCOc1cccc(C2C(C#N)=C(N)Oc3cc(OC(=O)COc4cc(C)cc(C)c4)ccc32)c1. The second kappa shape index (κ2) is 10.7. The third kappa shape index (κ3) is 5.50. The van der Waals surface area contributed by atoms with Crippen LogP contribution in [-0.4, -0.2) is 19.2 Å². The molecule has 0 amide bonds. The van der Waals surface area contributed by atoms with Crippen molar-refractivity contribution < 1.29 is 23.7 Å². The highest BCUT2D eigenvalue weighted by molar-refractivity contribution is 5.74. The highest BCUT2D eigenvalue weighted by Gasteiger charge is 2.31. The summed E-state index contributed by atoms with van der Waals surface area (Å²) in [7, 11) is 0. The number of hydrogen-bond acceptors (Lipinski definition) is 7. The van der Waals surface area contributed by atoms with E-state index in [1.807, 2.05) is 56.3 Å². The average molecular weight is 483 g/mol. The van der Waals surface area contributed by atoms with E-state index in [0.29, 0.717) is 29.4 Å². The molecule has 36 heavy (non-hydrogen) atoms. The molecule has 4 rings (SSSR count). The zero-order valence-electron chi connectivity index (χ0n) is 20.1. The molecule has 0 radical (unpaired) electrons. The van der Waals surface area contributed by atoms with Gasteiger partial charge in [-0.1, -0.05) is 36.9 Å². The van der Waals surface area contributed by atoms with Crippen LogP contribution in [-0.2, 0) is 4.79 Å². The van der Waals surface area contributed by atoms with Crippen LogP contribution in [0.5, 0.6) is 23.0 Å². The molecule has 1 aliphatic heterocycles. The highest BCUT2D eigenvalue weighted by atomic mass is 16.6. The van der Waals surface area contributed by atoms with Crippen LogP contribution in [0.15, 0.2) is 84.8 Å². The second-order valence-corrected chi connectivity index (χ2v) is 8.38. The Morgan fingerprint density at radius 3 is 2.56 bits per heavy atom. The van der Waals surface area contributed by atoms with E-state index < -0.39 is 11.9 Å². The summed E-state index contributed by atoms with van der Waals surface area (Å²) in [5, 5.41) is 9.79. The fourth-order valence-corrected chi connectivity index (χ4v) is 4.10. The predicted octanol–water partition coefficient (Wildman–Crippen LogP) is 5.07. The van der Waals surface area contributed by atoms with Crippen LogP contribution in [0, 0.1) is 25.2 Å². The summed E-state index contributed by atoms with van der Waals surface area (Å²) in [5.41, 5.74) is 10.00. The molecule has 0 saturated carbocycles. The fourth-order valence-electron chi connectivity index (χ4n) is 4.10. The first-order chi connectivity index (χ1) is 17.4. The van der Waals surface area contributed by atoms with E-state index >= 15 is 0 Å².